The van der Waals surface area contributed by atoms with Gasteiger partial charge in [0.15, 0.2) is 5.43 Å². The Labute approximate surface area is 170 Å². The summed E-state index contributed by atoms with van der Waals surface area (Å²) >= 11 is 1.12. The average molecular weight is 403 g/mol. The van der Waals surface area contributed by atoms with Crippen LogP contribution in [0.4, 0.5) is 11.5 Å². The second-order valence-electron chi connectivity index (χ2n) is 6.28. The van der Waals surface area contributed by atoms with E-state index in [2.05, 4.69) is 10.3 Å². The highest BCUT2D eigenvalue weighted by Gasteiger charge is 2.13. The molecule has 0 aliphatic rings. The fourth-order valence-corrected chi connectivity index (χ4v) is 3.62. The van der Waals surface area contributed by atoms with Crippen LogP contribution in [0, 0.1) is 0 Å². The molecule has 0 radical (unpaired) electrons. The van der Waals surface area contributed by atoms with E-state index in [9.17, 15) is 9.59 Å². The standard InChI is InChI=1S/C22H17N3O3S/c26-19-12-20(24-15-7-3-1-4-8-15)25(16-9-5-2-6-10-16)18-11-21(23-13-17(18)19)29-14-22(27)28/h1-13,24H,14H2,(H,27,28). The van der Waals surface area contributed by atoms with Crippen molar-refractivity contribution in [1.29, 1.82) is 0 Å². The largest absolute Gasteiger partial charge is 0.481 e. The third kappa shape index (κ3) is 4.14. The zero-order chi connectivity index (χ0) is 20.2. The van der Waals surface area contributed by atoms with E-state index in [4.69, 9.17) is 5.11 Å². The van der Waals surface area contributed by atoms with Gasteiger partial charge in [0, 0.05) is 23.6 Å². The number of carbonyl (C=O) groups is 1. The highest BCUT2D eigenvalue weighted by atomic mass is 32.2. The zero-order valence-electron chi connectivity index (χ0n) is 15.3. The summed E-state index contributed by atoms with van der Waals surface area (Å²) < 4.78 is 1.94. The summed E-state index contributed by atoms with van der Waals surface area (Å²) in [6.07, 6.45) is 1.51. The molecule has 0 aliphatic carbocycles. The molecule has 0 amide bonds. The number of carboxylic acids is 1. The van der Waals surface area contributed by atoms with Crippen molar-refractivity contribution in [3.05, 3.63) is 89.2 Å². The van der Waals surface area contributed by atoms with Crippen LogP contribution in [0.3, 0.4) is 0 Å². The van der Waals surface area contributed by atoms with E-state index in [1.807, 2.05) is 65.2 Å². The summed E-state index contributed by atoms with van der Waals surface area (Å²) in [5, 5.41) is 13.3. The zero-order valence-corrected chi connectivity index (χ0v) is 16.1. The van der Waals surface area contributed by atoms with Gasteiger partial charge in [0.2, 0.25) is 0 Å². The second kappa shape index (κ2) is 8.20. The molecule has 0 unspecified atom stereocenters. The van der Waals surface area contributed by atoms with Gasteiger partial charge in [-0.1, -0.05) is 48.2 Å². The number of aliphatic carboxylic acids is 1. The fraction of sp³-hybridized carbons (Fsp3) is 0.0455. The number of pyridine rings is 2. The molecule has 29 heavy (non-hydrogen) atoms. The number of carboxylic acid groups (broad SMARTS) is 1. The van der Waals surface area contributed by atoms with Crippen molar-refractivity contribution in [2.75, 3.05) is 11.1 Å². The predicted octanol–water partition coefficient (Wildman–Crippen LogP) is 4.31. The number of nitrogens with one attached hydrogen (secondary N) is 1. The maximum atomic E-state index is 12.8. The molecule has 7 heteroatoms. The topological polar surface area (TPSA) is 84.2 Å². The maximum absolute atomic E-state index is 12.8. The highest BCUT2D eigenvalue weighted by Crippen LogP contribution is 2.27. The van der Waals surface area contributed by atoms with Crippen molar-refractivity contribution < 1.29 is 9.90 Å². The number of hydrogen-bond acceptors (Lipinski definition) is 5. The van der Waals surface area contributed by atoms with Crippen LogP contribution in [0.5, 0.6) is 0 Å². The number of fused-ring (bicyclic) bond motifs is 1. The number of rotatable bonds is 6. The number of hydrogen-bond donors (Lipinski definition) is 2. The van der Waals surface area contributed by atoms with Crippen LogP contribution < -0.4 is 10.7 Å². The van der Waals surface area contributed by atoms with Crippen LogP contribution >= 0.6 is 11.8 Å². The van der Waals surface area contributed by atoms with Crippen molar-refractivity contribution in [3.63, 3.8) is 0 Å². The lowest BCUT2D eigenvalue weighted by Gasteiger charge is -2.18. The average Bonchev–Trinajstić information content (AvgIpc) is 2.73. The first-order valence-corrected chi connectivity index (χ1v) is 9.88. The van der Waals surface area contributed by atoms with E-state index in [0.29, 0.717) is 21.7 Å². The fourth-order valence-electron chi connectivity index (χ4n) is 3.03. The molecule has 2 heterocycles. The Bertz CT molecular complexity index is 1220. The molecule has 144 valence electrons. The Kier molecular flexibility index (Phi) is 5.31. The molecular weight excluding hydrogens is 386 g/mol. The first-order valence-electron chi connectivity index (χ1n) is 8.90. The third-order valence-corrected chi connectivity index (χ3v) is 5.19. The summed E-state index contributed by atoms with van der Waals surface area (Å²) in [6.45, 7) is 0. The first kappa shape index (κ1) is 18.8. The van der Waals surface area contributed by atoms with Gasteiger partial charge in [-0.2, -0.15) is 0 Å². The van der Waals surface area contributed by atoms with Crippen molar-refractivity contribution in [2.24, 2.45) is 0 Å². The van der Waals surface area contributed by atoms with Crippen LogP contribution in [0.1, 0.15) is 0 Å². The van der Waals surface area contributed by atoms with Crippen LogP contribution in [0.15, 0.2) is 88.8 Å². The summed E-state index contributed by atoms with van der Waals surface area (Å²) in [7, 11) is 0. The summed E-state index contributed by atoms with van der Waals surface area (Å²) in [6, 6.07) is 22.6. The summed E-state index contributed by atoms with van der Waals surface area (Å²) in [4.78, 5) is 27.9. The van der Waals surface area contributed by atoms with E-state index in [0.717, 1.165) is 23.1 Å². The molecule has 0 spiro atoms. The Morgan fingerprint density at radius 3 is 2.41 bits per heavy atom. The Morgan fingerprint density at radius 1 is 1.03 bits per heavy atom. The smallest absolute Gasteiger partial charge is 0.313 e. The molecular formula is C22H17N3O3S. The van der Waals surface area contributed by atoms with Crippen molar-refractivity contribution in [3.8, 4) is 5.69 Å². The molecule has 0 fully saturated rings. The minimum Gasteiger partial charge on any atom is -0.481 e. The minimum atomic E-state index is -0.920. The van der Waals surface area contributed by atoms with Crippen LogP contribution in [-0.4, -0.2) is 26.4 Å². The van der Waals surface area contributed by atoms with Crippen molar-refractivity contribution in [2.45, 2.75) is 5.03 Å². The summed E-state index contributed by atoms with van der Waals surface area (Å²) in [5.74, 6) is -0.409. The molecule has 0 atom stereocenters. The van der Waals surface area contributed by atoms with Gasteiger partial charge in [0.25, 0.3) is 0 Å². The third-order valence-electron chi connectivity index (χ3n) is 4.28. The second-order valence-corrected chi connectivity index (χ2v) is 7.27. The van der Waals surface area contributed by atoms with Gasteiger partial charge in [-0.15, -0.1) is 0 Å². The quantitative estimate of drug-likeness (QED) is 0.467. The number of anilines is 2. The lowest BCUT2D eigenvalue weighted by atomic mass is 10.2. The Balaban J connectivity index is 1.93. The predicted molar refractivity (Wildman–Crippen MR) is 115 cm³/mol. The van der Waals surface area contributed by atoms with E-state index >= 15 is 0 Å². The van der Waals surface area contributed by atoms with Crippen LogP contribution in [-0.2, 0) is 4.79 Å². The van der Waals surface area contributed by atoms with Crippen molar-refractivity contribution in [1.82, 2.24) is 9.55 Å². The monoisotopic (exact) mass is 403 g/mol. The molecule has 6 nitrogen and oxygen atoms in total. The number of benzene rings is 2. The van der Waals surface area contributed by atoms with Gasteiger partial charge in [0.1, 0.15) is 5.82 Å². The molecule has 2 aromatic carbocycles. The molecule has 0 bridgehead atoms. The van der Waals surface area contributed by atoms with Gasteiger partial charge < -0.3 is 10.4 Å². The molecule has 2 aromatic heterocycles. The summed E-state index contributed by atoms with van der Waals surface area (Å²) in [5.41, 5.74) is 2.22. The lowest BCUT2D eigenvalue weighted by Crippen LogP contribution is -2.13. The first-order chi connectivity index (χ1) is 14.1. The molecule has 0 saturated heterocycles. The van der Waals surface area contributed by atoms with E-state index in [1.54, 1.807) is 12.1 Å². The van der Waals surface area contributed by atoms with Gasteiger partial charge in [-0.05, 0) is 30.3 Å². The highest BCUT2D eigenvalue weighted by molar-refractivity contribution is 7.99. The number of aromatic nitrogens is 2. The number of para-hydroxylation sites is 2. The normalized spacial score (nSPS) is 10.8. The number of thioether (sulfide) groups is 1. The maximum Gasteiger partial charge on any atom is 0.313 e. The van der Waals surface area contributed by atoms with Gasteiger partial charge in [0.05, 0.1) is 21.7 Å². The van der Waals surface area contributed by atoms with Crippen molar-refractivity contribution >= 4 is 40.1 Å². The van der Waals surface area contributed by atoms with Crippen LogP contribution in [0.2, 0.25) is 0 Å². The molecule has 0 saturated carbocycles. The van der Waals surface area contributed by atoms with Gasteiger partial charge in [-0.3, -0.25) is 14.2 Å². The molecule has 2 N–H and O–H groups in total. The number of nitrogens with zero attached hydrogens (tertiary/aromatic N) is 2. The Morgan fingerprint density at radius 2 is 1.72 bits per heavy atom. The molecule has 4 rings (SSSR count). The SMILES string of the molecule is O=C(O)CSc1cc2c(cn1)c(=O)cc(Nc1ccccc1)n2-c1ccccc1. The van der Waals surface area contributed by atoms with Gasteiger partial charge >= 0.3 is 5.97 Å². The van der Waals surface area contributed by atoms with Gasteiger partial charge in [-0.25, -0.2) is 4.98 Å². The van der Waals surface area contributed by atoms with E-state index in [1.165, 1.54) is 6.20 Å². The molecule has 0 aliphatic heterocycles. The molecule has 4 aromatic rings. The van der Waals surface area contributed by atoms with Crippen LogP contribution in [0.25, 0.3) is 16.6 Å². The van der Waals surface area contributed by atoms with E-state index in [-0.39, 0.29) is 11.2 Å². The Hall–Kier alpha value is -3.58. The lowest BCUT2D eigenvalue weighted by molar-refractivity contribution is -0.133. The van der Waals surface area contributed by atoms with E-state index < -0.39 is 5.97 Å². The minimum absolute atomic E-state index is 0.101.